The van der Waals surface area contributed by atoms with Crippen molar-refractivity contribution in [1.82, 2.24) is 8.96 Å². The minimum Gasteiger partial charge on any atom is -0.496 e. The molecule has 1 heterocycles. The summed E-state index contributed by atoms with van der Waals surface area (Å²) in [5, 5.41) is 11.2. The number of non-ortho nitro benzene ring substituents is 1. The van der Waals surface area contributed by atoms with Crippen LogP contribution in [-0.4, -0.2) is 29.4 Å². The van der Waals surface area contributed by atoms with E-state index in [9.17, 15) is 18.5 Å². The average molecular weight is 347 g/mol. The molecule has 24 heavy (non-hydrogen) atoms. The smallest absolute Gasteiger partial charge is 0.300 e. The van der Waals surface area contributed by atoms with Crippen molar-refractivity contribution in [2.45, 2.75) is 11.8 Å². The Morgan fingerprint density at radius 2 is 1.88 bits per heavy atom. The normalized spacial score (nSPS) is 11.6. The highest BCUT2D eigenvalue weighted by Gasteiger charge is 2.25. The number of hydrogen-bond acceptors (Lipinski definition) is 6. The molecule has 2 aromatic carbocycles. The van der Waals surface area contributed by atoms with Crippen molar-refractivity contribution in [3.63, 3.8) is 0 Å². The Labute approximate surface area is 137 Å². The molecule has 0 radical (unpaired) electrons. The van der Waals surface area contributed by atoms with Crippen LogP contribution in [0.5, 0.6) is 5.75 Å². The molecule has 0 aliphatic heterocycles. The van der Waals surface area contributed by atoms with Crippen molar-refractivity contribution in [2.24, 2.45) is 0 Å². The molecule has 0 amide bonds. The number of aromatic nitrogens is 2. The third kappa shape index (κ3) is 2.48. The SMILES string of the molecule is COc1cc([N+](=O)[O-])c2ncn(S(=O)(=O)c3ccc(C)cc3)c2c1. The topological polar surface area (TPSA) is 104 Å². The fourth-order valence-electron chi connectivity index (χ4n) is 2.32. The van der Waals surface area contributed by atoms with Crippen molar-refractivity contribution in [2.75, 3.05) is 7.11 Å². The minimum absolute atomic E-state index is 0.0171. The molecular formula is C15H13N3O5S. The van der Waals surface area contributed by atoms with Gasteiger partial charge in [0, 0.05) is 6.07 Å². The van der Waals surface area contributed by atoms with Gasteiger partial charge in [0.05, 0.1) is 28.5 Å². The highest BCUT2D eigenvalue weighted by atomic mass is 32.2. The number of rotatable bonds is 4. The number of imidazole rings is 1. The van der Waals surface area contributed by atoms with E-state index in [1.54, 1.807) is 12.1 Å². The Bertz CT molecular complexity index is 1040. The number of methoxy groups -OCH3 is 1. The zero-order valence-corrected chi connectivity index (χ0v) is 13.6. The number of ether oxygens (including phenoxy) is 1. The van der Waals surface area contributed by atoms with Crippen LogP contribution in [0.1, 0.15) is 5.56 Å². The van der Waals surface area contributed by atoms with Gasteiger partial charge in [-0.05, 0) is 19.1 Å². The second-order valence-electron chi connectivity index (χ2n) is 5.13. The molecule has 3 aromatic rings. The van der Waals surface area contributed by atoms with Crippen LogP contribution in [0.15, 0.2) is 47.6 Å². The third-order valence-electron chi connectivity index (χ3n) is 3.58. The number of hydrogen-bond donors (Lipinski definition) is 0. The standard InChI is InChI=1S/C15H13N3O5S/c1-10-3-5-12(6-4-10)24(21,22)17-9-16-15-13(17)7-11(23-2)8-14(15)18(19)20/h3-9H,1-2H3. The summed E-state index contributed by atoms with van der Waals surface area (Å²) in [6.07, 6.45) is 1.06. The Morgan fingerprint density at radius 3 is 2.46 bits per heavy atom. The van der Waals surface area contributed by atoms with E-state index in [0.717, 1.165) is 15.9 Å². The molecule has 0 unspecified atom stereocenters. The Balaban J connectivity index is 2.29. The lowest BCUT2D eigenvalue weighted by molar-refractivity contribution is -0.383. The molecule has 8 nitrogen and oxygen atoms in total. The maximum Gasteiger partial charge on any atom is 0.300 e. The van der Waals surface area contributed by atoms with E-state index in [4.69, 9.17) is 4.74 Å². The van der Waals surface area contributed by atoms with Gasteiger partial charge in [0.25, 0.3) is 10.0 Å². The fourth-order valence-corrected chi connectivity index (χ4v) is 3.60. The van der Waals surface area contributed by atoms with Gasteiger partial charge in [0.2, 0.25) is 0 Å². The maximum atomic E-state index is 12.8. The first-order chi connectivity index (χ1) is 11.3. The molecule has 0 fully saturated rings. The van der Waals surface area contributed by atoms with E-state index >= 15 is 0 Å². The van der Waals surface area contributed by atoms with Crippen molar-refractivity contribution < 1.29 is 18.1 Å². The van der Waals surface area contributed by atoms with E-state index in [1.165, 1.54) is 31.4 Å². The molecule has 0 bridgehead atoms. The highest BCUT2D eigenvalue weighted by molar-refractivity contribution is 7.90. The van der Waals surface area contributed by atoms with Crippen LogP contribution in [0.4, 0.5) is 5.69 Å². The fraction of sp³-hybridized carbons (Fsp3) is 0.133. The number of aryl methyl sites for hydroxylation is 1. The molecule has 1 aromatic heterocycles. The van der Waals surface area contributed by atoms with Crippen LogP contribution in [0.25, 0.3) is 11.0 Å². The molecular weight excluding hydrogens is 334 g/mol. The van der Waals surface area contributed by atoms with E-state index < -0.39 is 14.9 Å². The summed E-state index contributed by atoms with van der Waals surface area (Å²) in [4.78, 5) is 14.6. The second-order valence-corrected chi connectivity index (χ2v) is 6.94. The number of nitrogens with zero attached hydrogens (tertiary/aromatic N) is 3. The van der Waals surface area contributed by atoms with Gasteiger partial charge < -0.3 is 4.74 Å². The number of nitro groups is 1. The lowest BCUT2D eigenvalue weighted by Crippen LogP contribution is -2.12. The van der Waals surface area contributed by atoms with Gasteiger partial charge in [-0.1, -0.05) is 17.7 Å². The van der Waals surface area contributed by atoms with Crippen molar-refractivity contribution in [3.05, 3.63) is 58.4 Å². The summed E-state index contributed by atoms with van der Waals surface area (Å²) in [7, 11) is -2.58. The summed E-state index contributed by atoms with van der Waals surface area (Å²) in [6, 6.07) is 8.92. The van der Waals surface area contributed by atoms with Crippen LogP contribution < -0.4 is 4.74 Å². The lowest BCUT2D eigenvalue weighted by Gasteiger charge is -2.08. The minimum atomic E-state index is -3.93. The zero-order valence-electron chi connectivity index (χ0n) is 12.8. The number of benzene rings is 2. The number of nitro benzene ring substituents is 1. The van der Waals surface area contributed by atoms with Crippen molar-refractivity contribution in [3.8, 4) is 5.75 Å². The first-order valence-corrected chi connectivity index (χ1v) is 8.30. The highest BCUT2D eigenvalue weighted by Crippen LogP contribution is 2.31. The number of fused-ring (bicyclic) bond motifs is 1. The predicted molar refractivity (Wildman–Crippen MR) is 86.7 cm³/mol. The molecule has 9 heteroatoms. The Morgan fingerprint density at radius 1 is 1.21 bits per heavy atom. The molecule has 0 aliphatic carbocycles. The van der Waals surface area contributed by atoms with Gasteiger partial charge in [0.15, 0.2) is 5.52 Å². The maximum absolute atomic E-state index is 12.8. The summed E-state index contributed by atoms with van der Waals surface area (Å²) in [5.41, 5.74) is 0.669. The van der Waals surface area contributed by atoms with E-state index in [1.807, 2.05) is 6.92 Å². The first kappa shape index (κ1) is 15.9. The van der Waals surface area contributed by atoms with Crippen LogP contribution in [0.2, 0.25) is 0 Å². The molecule has 0 spiro atoms. The molecule has 0 saturated heterocycles. The van der Waals surface area contributed by atoms with Crippen LogP contribution in [0, 0.1) is 17.0 Å². The summed E-state index contributed by atoms with van der Waals surface area (Å²) < 4.78 is 31.6. The summed E-state index contributed by atoms with van der Waals surface area (Å²) in [5.74, 6) is 0.176. The first-order valence-electron chi connectivity index (χ1n) is 6.86. The molecule has 0 saturated carbocycles. The molecule has 0 atom stereocenters. The summed E-state index contributed by atoms with van der Waals surface area (Å²) >= 11 is 0. The van der Waals surface area contributed by atoms with E-state index in [2.05, 4.69) is 4.98 Å². The average Bonchev–Trinajstić information content (AvgIpc) is 2.98. The predicted octanol–water partition coefficient (Wildman–Crippen LogP) is 2.50. The summed E-state index contributed by atoms with van der Waals surface area (Å²) in [6.45, 7) is 1.84. The van der Waals surface area contributed by atoms with E-state index in [0.29, 0.717) is 0 Å². The van der Waals surface area contributed by atoms with Crippen LogP contribution in [0.3, 0.4) is 0 Å². The van der Waals surface area contributed by atoms with Gasteiger partial charge >= 0.3 is 5.69 Å². The monoisotopic (exact) mass is 347 g/mol. The zero-order chi connectivity index (χ0) is 17.5. The molecule has 0 N–H and O–H groups in total. The van der Waals surface area contributed by atoms with Crippen LogP contribution >= 0.6 is 0 Å². The van der Waals surface area contributed by atoms with Crippen molar-refractivity contribution >= 4 is 26.7 Å². The van der Waals surface area contributed by atoms with E-state index in [-0.39, 0.29) is 27.4 Å². The van der Waals surface area contributed by atoms with Gasteiger partial charge in [-0.2, -0.15) is 0 Å². The second kappa shape index (κ2) is 5.60. The van der Waals surface area contributed by atoms with Crippen molar-refractivity contribution in [1.29, 1.82) is 0 Å². The lowest BCUT2D eigenvalue weighted by atomic mass is 10.2. The van der Waals surface area contributed by atoms with Gasteiger partial charge in [-0.25, -0.2) is 17.4 Å². The quantitative estimate of drug-likeness (QED) is 0.530. The Kier molecular flexibility index (Phi) is 3.72. The third-order valence-corrected chi connectivity index (χ3v) is 5.26. The van der Waals surface area contributed by atoms with Gasteiger partial charge in [0.1, 0.15) is 12.1 Å². The molecule has 3 rings (SSSR count). The Hall–Kier alpha value is -2.94. The molecule has 124 valence electrons. The van der Waals surface area contributed by atoms with Crippen LogP contribution in [-0.2, 0) is 10.0 Å². The molecule has 0 aliphatic rings. The largest absolute Gasteiger partial charge is 0.496 e. The van der Waals surface area contributed by atoms with Gasteiger partial charge in [-0.3, -0.25) is 10.1 Å². The van der Waals surface area contributed by atoms with Gasteiger partial charge in [-0.15, -0.1) is 0 Å².